The number of likely N-dealkylation sites (tertiary alicyclic amines) is 1. The van der Waals surface area contributed by atoms with Gasteiger partial charge in [0.25, 0.3) is 0 Å². The molecule has 2 amide bonds. The molecule has 0 spiro atoms. The Morgan fingerprint density at radius 3 is 2.49 bits per heavy atom. The smallest absolute Gasteiger partial charge is 0.320 e. The molecule has 2 aromatic heterocycles. The maximum atomic E-state index is 13.6. The molecule has 41 heavy (non-hydrogen) atoms. The van der Waals surface area contributed by atoms with Crippen LogP contribution < -0.4 is 15.4 Å². The molecule has 4 aromatic rings. The number of nitrogens with one attached hydrogen (secondary N) is 2. The fourth-order valence-electron chi connectivity index (χ4n) is 5.11. The van der Waals surface area contributed by atoms with E-state index in [-0.39, 0.29) is 23.8 Å². The van der Waals surface area contributed by atoms with Crippen LogP contribution in [0, 0.1) is 12.7 Å². The van der Waals surface area contributed by atoms with Crippen molar-refractivity contribution in [3.8, 4) is 23.0 Å². The SMILES string of the molecule is CCOc1ncc(-c2nn(-c3ccccc3)c(NC(=O)N[C@@H]3CN(CCOC)C[C@H]3c3ccc(F)cc3)c2C)cn1. The van der Waals surface area contributed by atoms with Gasteiger partial charge in [-0.15, -0.1) is 0 Å². The number of methoxy groups -OCH3 is 1. The predicted molar refractivity (Wildman–Crippen MR) is 154 cm³/mol. The van der Waals surface area contributed by atoms with Crippen LogP contribution in [-0.4, -0.2) is 76.7 Å². The molecule has 2 N–H and O–H groups in total. The Morgan fingerprint density at radius 2 is 1.80 bits per heavy atom. The van der Waals surface area contributed by atoms with E-state index < -0.39 is 0 Å². The lowest BCUT2D eigenvalue weighted by Gasteiger charge is -2.21. The average Bonchev–Trinajstić information content (AvgIpc) is 3.53. The molecule has 11 heteroatoms. The van der Waals surface area contributed by atoms with Gasteiger partial charge < -0.3 is 14.8 Å². The third kappa shape index (κ3) is 6.53. The van der Waals surface area contributed by atoms with E-state index in [0.717, 1.165) is 29.9 Å². The Labute approximate surface area is 238 Å². The zero-order valence-corrected chi connectivity index (χ0v) is 23.4. The van der Waals surface area contributed by atoms with Gasteiger partial charge in [0.1, 0.15) is 17.3 Å². The first-order valence-electron chi connectivity index (χ1n) is 13.6. The lowest BCUT2D eigenvalue weighted by Crippen LogP contribution is -2.42. The largest absolute Gasteiger partial charge is 0.464 e. The number of rotatable bonds is 10. The van der Waals surface area contributed by atoms with E-state index in [2.05, 4.69) is 25.5 Å². The van der Waals surface area contributed by atoms with Crippen LogP contribution >= 0.6 is 0 Å². The number of carbonyl (C=O) groups excluding carboxylic acids is 1. The summed E-state index contributed by atoms with van der Waals surface area (Å²) in [5.41, 5.74) is 3.87. The molecular formula is C30H34FN7O3. The summed E-state index contributed by atoms with van der Waals surface area (Å²) in [5.74, 6) is 0.240. The van der Waals surface area contributed by atoms with Crippen LogP contribution in [0.5, 0.6) is 6.01 Å². The van der Waals surface area contributed by atoms with E-state index in [9.17, 15) is 9.18 Å². The summed E-state index contributed by atoms with van der Waals surface area (Å²) in [6, 6.07) is 15.8. The molecule has 5 rings (SSSR count). The van der Waals surface area contributed by atoms with E-state index in [1.165, 1.54) is 12.1 Å². The summed E-state index contributed by atoms with van der Waals surface area (Å²) in [5, 5.41) is 11.0. The van der Waals surface area contributed by atoms with Gasteiger partial charge in [-0.1, -0.05) is 30.3 Å². The second kappa shape index (κ2) is 12.9. The highest BCUT2D eigenvalue weighted by atomic mass is 19.1. The minimum atomic E-state index is -0.356. The standard InChI is InChI=1S/C30H34FN7O3/c1-4-41-30-32-16-22(17-33-30)27-20(2)28(38(36-27)24-8-6-5-7-9-24)35-29(39)34-26-19-37(14-15-40-3)18-25(26)21-10-12-23(31)13-11-21/h5-13,16-17,25-26H,4,14-15,18-19H2,1-3H3,(H2,34,35,39)/t25-,26+/m0/s1. The van der Waals surface area contributed by atoms with Crippen molar-refractivity contribution in [2.75, 3.05) is 45.3 Å². The molecule has 0 radical (unpaired) electrons. The van der Waals surface area contributed by atoms with Crippen molar-refractivity contribution in [2.45, 2.75) is 25.8 Å². The molecule has 2 aromatic carbocycles. The molecule has 1 fully saturated rings. The molecule has 1 aliphatic heterocycles. The van der Waals surface area contributed by atoms with E-state index in [4.69, 9.17) is 14.6 Å². The number of urea groups is 1. The highest BCUT2D eigenvalue weighted by molar-refractivity contribution is 5.91. The number of benzene rings is 2. The second-order valence-electron chi connectivity index (χ2n) is 9.87. The fraction of sp³-hybridized carbons (Fsp3) is 0.333. The molecule has 1 aliphatic rings. The molecule has 0 aliphatic carbocycles. The number of hydrogen-bond acceptors (Lipinski definition) is 7. The Kier molecular flexibility index (Phi) is 8.85. The lowest BCUT2D eigenvalue weighted by molar-refractivity contribution is 0.159. The van der Waals surface area contributed by atoms with Crippen LogP contribution in [0.2, 0.25) is 0 Å². The minimum Gasteiger partial charge on any atom is -0.464 e. The van der Waals surface area contributed by atoms with Gasteiger partial charge in [-0.25, -0.2) is 23.8 Å². The number of nitrogens with zero attached hydrogens (tertiary/aromatic N) is 5. The summed E-state index contributed by atoms with van der Waals surface area (Å²) in [4.78, 5) is 24.3. The number of halogens is 1. The average molecular weight is 560 g/mol. The van der Waals surface area contributed by atoms with Gasteiger partial charge in [0.2, 0.25) is 0 Å². The number of ether oxygens (including phenoxy) is 2. The summed E-state index contributed by atoms with van der Waals surface area (Å²) in [6.45, 7) is 6.93. The summed E-state index contributed by atoms with van der Waals surface area (Å²) in [6.07, 6.45) is 3.32. The molecule has 0 saturated carbocycles. The van der Waals surface area contributed by atoms with Crippen molar-refractivity contribution in [3.05, 3.63) is 83.9 Å². The number of hydrogen-bond donors (Lipinski definition) is 2. The number of amides is 2. The van der Waals surface area contributed by atoms with Gasteiger partial charge in [-0.3, -0.25) is 10.2 Å². The quantitative estimate of drug-likeness (QED) is 0.296. The van der Waals surface area contributed by atoms with E-state index in [1.807, 2.05) is 44.2 Å². The molecule has 214 valence electrons. The summed E-state index contributed by atoms with van der Waals surface area (Å²) < 4.78 is 26.0. The minimum absolute atomic E-state index is 0.00472. The van der Waals surface area contributed by atoms with Gasteiger partial charge >= 0.3 is 12.0 Å². The Balaban J connectivity index is 1.41. The number of aromatic nitrogens is 4. The van der Waals surface area contributed by atoms with Crippen molar-refractivity contribution in [3.63, 3.8) is 0 Å². The van der Waals surface area contributed by atoms with Crippen molar-refractivity contribution in [1.82, 2.24) is 30.0 Å². The van der Waals surface area contributed by atoms with Gasteiger partial charge in [0.15, 0.2) is 0 Å². The van der Waals surface area contributed by atoms with E-state index in [1.54, 1.807) is 36.3 Å². The number of anilines is 1. The molecule has 2 atom stereocenters. The highest BCUT2D eigenvalue weighted by Gasteiger charge is 2.35. The maximum absolute atomic E-state index is 13.6. The second-order valence-corrected chi connectivity index (χ2v) is 9.87. The van der Waals surface area contributed by atoms with Gasteiger partial charge in [-0.05, 0) is 43.7 Å². The van der Waals surface area contributed by atoms with Crippen LogP contribution in [0.3, 0.4) is 0 Å². The third-order valence-corrected chi connectivity index (χ3v) is 7.15. The highest BCUT2D eigenvalue weighted by Crippen LogP contribution is 2.31. The normalized spacial score (nSPS) is 17.0. The zero-order valence-electron chi connectivity index (χ0n) is 23.4. The fourth-order valence-corrected chi connectivity index (χ4v) is 5.11. The lowest BCUT2D eigenvalue weighted by atomic mass is 9.94. The molecule has 3 heterocycles. The maximum Gasteiger partial charge on any atom is 0.320 e. The molecule has 0 unspecified atom stereocenters. The van der Waals surface area contributed by atoms with E-state index in [0.29, 0.717) is 42.8 Å². The van der Waals surface area contributed by atoms with Crippen LogP contribution in [0.1, 0.15) is 24.0 Å². The van der Waals surface area contributed by atoms with Crippen molar-refractivity contribution >= 4 is 11.8 Å². The predicted octanol–water partition coefficient (Wildman–Crippen LogP) is 4.41. The summed E-state index contributed by atoms with van der Waals surface area (Å²) in [7, 11) is 1.67. The first kappa shape index (κ1) is 28.2. The summed E-state index contributed by atoms with van der Waals surface area (Å²) >= 11 is 0. The van der Waals surface area contributed by atoms with Gasteiger partial charge in [0, 0.05) is 56.2 Å². The van der Waals surface area contributed by atoms with Crippen LogP contribution in [0.15, 0.2) is 67.0 Å². The third-order valence-electron chi connectivity index (χ3n) is 7.15. The molecular weight excluding hydrogens is 525 g/mol. The van der Waals surface area contributed by atoms with Crippen molar-refractivity contribution in [2.24, 2.45) is 0 Å². The van der Waals surface area contributed by atoms with E-state index >= 15 is 0 Å². The molecule has 10 nitrogen and oxygen atoms in total. The number of para-hydroxylation sites is 1. The topological polar surface area (TPSA) is 106 Å². The van der Waals surface area contributed by atoms with Crippen LogP contribution in [0.4, 0.5) is 15.0 Å². The first-order valence-corrected chi connectivity index (χ1v) is 13.6. The van der Waals surface area contributed by atoms with Crippen molar-refractivity contribution in [1.29, 1.82) is 0 Å². The Bertz CT molecular complexity index is 1450. The Morgan fingerprint density at radius 1 is 1.07 bits per heavy atom. The van der Waals surface area contributed by atoms with Crippen LogP contribution in [-0.2, 0) is 4.74 Å². The molecule has 0 bridgehead atoms. The Hall–Kier alpha value is -4.35. The van der Waals surface area contributed by atoms with Crippen LogP contribution in [0.25, 0.3) is 16.9 Å². The van der Waals surface area contributed by atoms with Gasteiger partial charge in [0.05, 0.1) is 24.9 Å². The first-order chi connectivity index (χ1) is 20.0. The number of carbonyl (C=O) groups is 1. The monoisotopic (exact) mass is 559 g/mol. The molecule has 1 saturated heterocycles. The van der Waals surface area contributed by atoms with Gasteiger partial charge in [-0.2, -0.15) is 5.10 Å². The van der Waals surface area contributed by atoms with Crippen molar-refractivity contribution < 1.29 is 18.7 Å². The zero-order chi connectivity index (χ0) is 28.8.